The zero-order valence-corrected chi connectivity index (χ0v) is 12.3. The minimum Gasteiger partial charge on any atom is -0.399 e. The molecule has 0 aliphatic rings. The standard InChI is InChI=1S/C17H20N2O2/c1-17(2,13-5-7-14(18)8-6-13)16(21)19-15-9-3-12(11-20)4-10-15/h3-10,20H,11,18H2,1-2H3,(H,19,21). The Balaban J connectivity index is 2.15. The lowest BCUT2D eigenvalue weighted by Crippen LogP contribution is -2.34. The first-order valence-electron chi connectivity index (χ1n) is 6.81. The summed E-state index contributed by atoms with van der Waals surface area (Å²) in [6.07, 6.45) is 0. The number of nitrogens with two attached hydrogens (primary N) is 1. The highest BCUT2D eigenvalue weighted by Crippen LogP contribution is 2.26. The first kappa shape index (κ1) is 15.1. The summed E-state index contributed by atoms with van der Waals surface area (Å²) in [4.78, 5) is 12.5. The Morgan fingerprint density at radius 3 is 2.19 bits per heavy atom. The summed E-state index contributed by atoms with van der Waals surface area (Å²) in [6, 6.07) is 14.4. The Hall–Kier alpha value is -2.33. The number of aliphatic hydroxyl groups is 1. The van der Waals surface area contributed by atoms with Gasteiger partial charge < -0.3 is 16.2 Å². The lowest BCUT2D eigenvalue weighted by molar-refractivity contribution is -0.120. The molecular weight excluding hydrogens is 264 g/mol. The Bertz CT molecular complexity index is 616. The van der Waals surface area contributed by atoms with E-state index >= 15 is 0 Å². The summed E-state index contributed by atoms with van der Waals surface area (Å²) in [7, 11) is 0. The van der Waals surface area contributed by atoms with E-state index in [1.54, 1.807) is 36.4 Å². The molecule has 0 aromatic heterocycles. The molecule has 4 nitrogen and oxygen atoms in total. The number of amides is 1. The van der Waals surface area contributed by atoms with E-state index in [1.807, 2.05) is 26.0 Å². The molecule has 0 radical (unpaired) electrons. The number of hydrogen-bond acceptors (Lipinski definition) is 3. The molecule has 21 heavy (non-hydrogen) atoms. The van der Waals surface area contributed by atoms with Crippen molar-refractivity contribution in [1.82, 2.24) is 0 Å². The van der Waals surface area contributed by atoms with Crippen LogP contribution in [0.3, 0.4) is 0 Å². The number of hydrogen-bond donors (Lipinski definition) is 3. The normalized spacial score (nSPS) is 11.2. The number of carbonyl (C=O) groups is 1. The summed E-state index contributed by atoms with van der Waals surface area (Å²) in [5.74, 6) is -0.0935. The molecule has 0 unspecified atom stereocenters. The van der Waals surface area contributed by atoms with Gasteiger partial charge in [0.25, 0.3) is 0 Å². The maximum Gasteiger partial charge on any atom is 0.234 e. The molecule has 110 valence electrons. The van der Waals surface area contributed by atoms with Crippen molar-refractivity contribution < 1.29 is 9.90 Å². The monoisotopic (exact) mass is 284 g/mol. The van der Waals surface area contributed by atoms with Crippen LogP contribution in [0.4, 0.5) is 11.4 Å². The van der Waals surface area contributed by atoms with Gasteiger partial charge >= 0.3 is 0 Å². The molecule has 0 atom stereocenters. The maximum absolute atomic E-state index is 12.5. The summed E-state index contributed by atoms with van der Waals surface area (Å²) >= 11 is 0. The molecule has 2 aromatic rings. The number of benzene rings is 2. The molecule has 4 heteroatoms. The van der Waals surface area contributed by atoms with Crippen LogP contribution in [0.2, 0.25) is 0 Å². The van der Waals surface area contributed by atoms with Crippen LogP contribution in [0.25, 0.3) is 0 Å². The van der Waals surface area contributed by atoms with Crippen LogP contribution < -0.4 is 11.1 Å². The van der Waals surface area contributed by atoms with Gasteiger partial charge in [-0.1, -0.05) is 24.3 Å². The van der Waals surface area contributed by atoms with Crippen LogP contribution in [-0.4, -0.2) is 11.0 Å². The van der Waals surface area contributed by atoms with E-state index in [9.17, 15) is 4.79 Å². The van der Waals surface area contributed by atoms with Gasteiger partial charge in [0.15, 0.2) is 0 Å². The van der Waals surface area contributed by atoms with E-state index in [2.05, 4.69) is 5.32 Å². The number of nitrogen functional groups attached to an aromatic ring is 1. The zero-order valence-electron chi connectivity index (χ0n) is 12.3. The highest BCUT2D eigenvalue weighted by atomic mass is 16.3. The van der Waals surface area contributed by atoms with Crippen molar-refractivity contribution >= 4 is 17.3 Å². The highest BCUT2D eigenvalue weighted by Gasteiger charge is 2.29. The molecule has 0 heterocycles. The molecular formula is C17H20N2O2. The second-order valence-corrected chi connectivity index (χ2v) is 5.56. The zero-order chi connectivity index (χ0) is 15.5. The number of aliphatic hydroxyl groups excluding tert-OH is 1. The Morgan fingerprint density at radius 1 is 1.10 bits per heavy atom. The number of anilines is 2. The minimum atomic E-state index is -0.663. The molecule has 0 aliphatic heterocycles. The third-order valence-corrected chi connectivity index (χ3v) is 3.59. The lowest BCUT2D eigenvalue weighted by Gasteiger charge is -2.24. The van der Waals surface area contributed by atoms with E-state index in [4.69, 9.17) is 10.8 Å². The molecule has 4 N–H and O–H groups in total. The molecule has 1 amide bonds. The molecule has 0 bridgehead atoms. The van der Waals surface area contributed by atoms with Crippen molar-refractivity contribution in [1.29, 1.82) is 0 Å². The minimum absolute atomic E-state index is 0.00877. The van der Waals surface area contributed by atoms with Crippen LogP contribution in [0, 0.1) is 0 Å². The summed E-state index contributed by atoms with van der Waals surface area (Å²) in [6.45, 7) is 3.73. The molecule has 2 aromatic carbocycles. The van der Waals surface area contributed by atoms with Gasteiger partial charge in [-0.05, 0) is 49.2 Å². The van der Waals surface area contributed by atoms with Gasteiger partial charge in [0, 0.05) is 11.4 Å². The molecule has 0 aliphatic carbocycles. The van der Waals surface area contributed by atoms with E-state index in [-0.39, 0.29) is 12.5 Å². The van der Waals surface area contributed by atoms with Gasteiger partial charge in [0.1, 0.15) is 0 Å². The maximum atomic E-state index is 12.5. The van der Waals surface area contributed by atoms with Crippen LogP contribution in [0.5, 0.6) is 0 Å². The fraction of sp³-hybridized carbons (Fsp3) is 0.235. The van der Waals surface area contributed by atoms with Gasteiger partial charge in [-0.15, -0.1) is 0 Å². The molecule has 2 rings (SSSR count). The van der Waals surface area contributed by atoms with Crippen LogP contribution in [0.15, 0.2) is 48.5 Å². The van der Waals surface area contributed by atoms with E-state index in [0.29, 0.717) is 11.4 Å². The quantitative estimate of drug-likeness (QED) is 0.756. The van der Waals surface area contributed by atoms with E-state index in [0.717, 1.165) is 11.1 Å². The predicted molar refractivity (Wildman–Crippen MR) is 84.9 cm³/mol. The fourth-order valence-electron chi connectivity index (χ4n) is 2.01. The third-order valence-electron chi connectivity index (χ3n) is 3.59. The Kier molecular flexibility index (Phi) is 4.29. The molecule has 0 spiro atoms. The summed E-state index contributed by atoms with van der Waals surface area (Å²) < 4.78 is 0. The molecule has 0 saturated carbocycles. The first-order chi connectivity index (χ1) is 9.93. The smallest absolute Gasteiger partial charge is 0.234 e. The van der Waals surface area contributed by atoms with Crippen LogP contribution in [0.1, 0.15) is 25.0 Å². The van der Waals surface area contributed by atoms with Crippen molar-refractivity contribution in [3.63, 3.8) is 0 Å². The Labute approximate surface area is 124 Å². The summed E-state index contributed by atoms with van der Waals surface area (Å²) in [5.41, 5.74) is 8.11. The van der Waals surface area contributed by atoms with E-state index in [1.165, 1.54) is 0 Å². The average Bonchev–Trinajstić information content (AvgIpc) is 2.48. The van der Waals surface area contributed by atoms with Gasteiger partial charge in [-0.2, -0.15) is 0 Å². The van der Waals surface area contributed by atoms with E-state index < -0.39 is 5.41 Å². The lowest BCUT2D eigenvalue weighted by atomic mass is 9.83. The fourth-order valence-corrected chi connectivity index (χ4v) is 2.01. The molecule has 0 saturated heterocycles. The van der Waals surface area contributed by atoms with Gasteiger partial charge in [0.2, 0.25) is 5.91 Å². The number of rotatable bonds is 4. The van der Waals surface area contributed by atoms with Gasteiger partial charge in [-0.25, -0.2) is 0 Å². The second kappa shape index (κ2) is 5.97. The van der Waals surface area contributed by atoms with Crippen molar-refractivity contribution in [2.24, 2.45) is 0 Å². The second-order valence-electron chi connectivity index (χ2n) is 5.56. The van der Waals surface area contributed by atoms with Gasteiger partial charge in [-0.3, -0.25) is 4.79 Å². The highest BCUT2D eigenvalue weighted by molar-refractivity contribution is 5.98. The topological polar surface area (TPSA) is 75.3 Å². The SMILES string of the molecule is CC(C)(C(=O)Nc1ccc(CO)cc1)c1ccc(N)cc1. The number of nitrogens with one attached hydrogen (secondary N) is 1. The number of carbonyl (C=O) groups excluding carboxylic acids is 1. The van der Waals surface area contributed by atoms with Crippen molar-refractivity contribution in [2.45, 2.75) is 25.9 Å². The summed E-state index contributed by atoms with van der Waals surface area (Å²) in [5, 5.41) is 11.9. The Morgan fingerprint density at radius 2 is 1.67 bits per heavy atom. The van der Waals surface area contributed by atoms with Crippen LogP contribution in [-0.2, 0) is 16.8 Å². The van der Waals surface area contributed by atoms with Crippen molar-refractivity contribution in [3.05, 3.63) is 59.7 Å². The largest absolute Gasteiger partial charge is 0.399 e. The van der Waals surface area contributed by atoms with Crippen LogP contribution >= 0.6 is 0 Å². The van der Waals surface area contributed by atoms with Gasteiger partial charge in [0.05, 0.1) is 12.0 Å². The third kappa shape index (κ3) is 3.41. The average molecular weight is 284 g/mol. The van der Waals surface area contributed by atoms with Crippen molar-refractivity contribution in [2.75, 3.05) is 11.1 Å². The molecule has 0 fully saturated rings. The first-order valence-corrected chi connectivity index (χ1v) is 6.81. The predicted octanol–water partition coefficient (Wildman–Crippen LogP) is 2.68. The van der Waals surface area contributed by atoms with Crippen molar-refractivity contribution in [3.8, 4) is 0 Å².